The van der Waals surface area contributed by atoms with E-state index in [0.717, 1.165) is 24.3 Å². The van der Waals surface area contributed by atoms with Gasteiger partial charge in [0.05, 0.1) is 7.11 Å². The smallest absolute Gasteiger partial charge is 0.251 e. The van der Waals surface area contributed by atoms with Gasteiger partial charge in [-0.1, -0.05) is 18.2 Å². The summed E-state index contributed by atoms with van der Waals surface area (Å²) in [6.07, 6.45) is 5.70. The number of benzene rings is 2. The van der Waals surface area contributed by atoms with Crippen molar-refractivity contribution in [2.45, 2.75) is 18.3 Å². The molecule has 1 aromatic heterocycles. The minimum absolute atomic E-state index is 0.0571. The number of ether oxygens (including phenoxy) is 2. The van der Waals surface area contributed by atoms with Crippen molar-refractivity contribution in [3.05, 3.63) is 84.2 Å². The Kier molecular flexibility index (Phi) is 5.67. The number of carbonyl (C=O) groups is 1. The van der Waals surface area contributed by atoms with Crippen molar-refractivity contribution >= 4 is 5.91 Å². The maximum atomic E-state index is 12.9. The SMILES string of the molecule is COc1ccc(C2(CNC(=O)c3cccc(-n4cccc4)c3)CCOCC2)cc1. The van der Waals surface area contributed by atoms with Crippen LogP contribution in [-0.2, 0) is 10.2 Å². The van der Waals surface area contributed by atoms with Crippen molar-refractivity contribution in [2.24, 2.45) is 0 Å². The molecule has 2 heterocycles. The van der Waals surface area contributed by atoms with E-state index in [1.54, 1.807) is 7.11 Å². The number of nitrogens with one attached hydrogen (secondary N) is 1. The summed E-state index contributed by atoms with van der Waals surface area (Å²) in [7, 11) is 1.67. The first-order valence-electron chi connectivity index (χ1n) is 9.94. The van der Waals surface area contributed by atoms with Crippen molar-refractivity contribution in [3.8, 4) is 11.4 Å². The molecule has 5 nitrogen and oxygen atoms in total. The molecule has 0 bridgehead atoms. The Labute approximate surface area is 171 Å². The van der Waals surface area contributed by atoms with Crippen LogP contribution >= 0.6 is 0 Å². The van der Waals surface area contributed by atoms with E-state index in [9.17, 15) is 4.79 Å². The second kappa shape index (κ2) is 8.53. The normalized spacial score (nSPS) is 15.6. The van der Waals surface area contributed by atoms with Gasteiger partial charge in [-0.05, 0) is 60.9 Å². The zero-order valence-electron chi connectivity index (χ0n) is 16.6. The fourth-order valence-corrected chi connectivity index (χ4v) is 3.94. The van der Waals surface area contributed by atoms with Crippen LogP contribution in [0.25, 0.3) is 5.69 Å². The lowest BCUT2D eigenvalue weighted by Gasteiger charge is -2.38. The van der Waals surface area contributed by atoms with Gasteiger partial charge in [-0.2, -0.15) is 0 Å². The molecule has 150 valence electrons. The zero-order valence-corrected chi connectivity index (χ0v) is 16.6. The number of carbonyl (C=O) groups excluding carboxylic acids is 1. The molecular weight excluding hydrogens is 364 g/mol. The van der Waals surface area contributed by atoms with Crippen LogP contribution in [0.4, 0.5) is 0 Å². The quantitative estimate of drug-likeness (QED) is 0.693. The van der Waals surface area contributed by atoms with Crippen molar-refractivity contribution in [1.29, 1.82) is 0 Å². The summed E-state index contributed by atoms with van der Waals surface area (Å²) in [6, 6.07) is 19.8. The van der Waals surface area contributed by atoms with Gasteiger partial charge in [0.25, 0.3) is 5.91 Å². The molecule has 0 unspecified atom stereocenters. The van der Waals surface area contributed by atoms with E-state index in [-0.39, 0.29) is 11.3 Å². The maximum Gasteiger partial charge on any atom is 0.251 e. The van der Waals surface area contributed by atoms with Crippen molar-refractivity contribution in [1.82, 2.24) is 9.88 Å². The molecule has 3 aromatic rings. The first-order chi connectivity index (χ1) is 14.2. The van der Waals surface area contributed by atoms with Crippen molar-refractivity contribution in [3.63, 3.8) is 0 Å². The zero-order chi connectivity index (χ0) is 20.1. The summed E-state index contributed by atoms with van der Waals surface area (Å²) in [6.45, 7) is 1.98. The van der Waals surface area contributed by atoms with E-state index >= 15 is 0 Å². The number of methoxy groups -OCH3 is 1. The molecule has 1 aliphatic rings. The third-order valence-electron chi connectivity index (χ3n) is 5.75. The maximum absolute atomic E-state index is 12.9. The Bertz CT molecular complexity index is 943. The summed E-state index contributed by atoms with van der Waals surface area (Å²) in [5, 5.41) is 3.17. The van der Waals surface area contributed by atoms with E-state index in [4.69, 9.17) is 9.47 Å². The number of aromatic nitrogens is 1. The van der Waals surface area contributed by atoms with Gasteiger partial charge in [0, 0.05) is 48.8 Å². The van der Waals surface area contributed by atoms with Crippen molar-refractivity contribution < 1.29 is 14.3 Å². The monoisotopic (exact) mass is 390 g/mol. The van der Waals surface area contributed by atoms with Gasteiger partial charge in [-0.15, -0.1) is 0 Å². The van der Waals surface area contributed by atoms with E-state index in [0.29, 0.717) is 25.3 Å². The fourth-order valence-electron chi connectivity index (χ4n) is 3.94. The van der Waals surface area contributed by atoms with Gasteiger partial charge in [0.15, 0.2) is 0 Å². The number of hydrogen-bond donors (Lipinski definition) is 1. The first-order valence-corrected chi connectivity index (χ1v) is 9.94. The molecule has 1 amide bonds. The largest absolute Gasteiger partial charge is 0.497 e. The minimum Gasteiger partial charge on any atom is -0.497 e. The van der Waals surface area contributed by atoms with Gasteiger partial charge in [0.1, 0.15) is 5.75 Å². The summed E-state index contributed by atoms with van der Waals surface area (Å²) in [4.78, 5) is 12.9. The minimum atomic E-state index is -0.127. The molecule has 5 heteroatoms. The summed E-state index contributed by atoms with van der Waals surface area (Å²) in [5.41, 5.74) is 2.72. The molecule has 0 atom stereocenters. The fraction of sp³-hybridized carbons (Fsp3) is 0.292. The second-order valence-electron chi connectivity index (χ2n) is 7.44. The summed E-state index contributed by atoms with van der Waals surface area (Å²) >= 11 is 0. The first kappa shape index (κ1) is 19.3. The Morgan fingerprint density at radius 1 is 1.07 bits per heavy atom. The number of hydrogen-bond acceptors (Lipinski definition) is 3. The lowest BCUT2D eigenvalue weighted by atomic mass is 9.74. The standard InChI is InChI=1S/C24H26N2O3/c1-28-22-9-7-20(8-10-22)24(11-15-29-16-12-24)18-25-23(27)19-5-4-6-21(17-19)26-13-2-3-14-26/h2-10,13-14,17H,11-12,15-16,18H2,1H3,(H,25,27). The van der Waals surface area contributed by atoms with E-state index in [2.05, 4.69) is 17.4 Å². The average Bonchev–Trinajstić information content (AvgIpc) is 3.33. The number of amides is 1. The molecule has 29 heavy (non-hydrogen) atoms. The van der Waals surface area contributed by atoms with Crippen LogP contribution < -0.4 is 10.1 Å². The van der Waals surface area contributed by atoms with Gasteiger partial charge >= 0.3 is 0 Å². The highest BCUT2D eigenvalue weighted by Gasteiger charge is 2.35. The van der Waals surface area contributed by atoms with E-state index in [1.807, 2.05) is 65.5 Å². The van der Waals surface area contributed by atoms with E-state index < -0.39 is 0 Å². The molecule has 1 aliphatic heterocycles. The summed E-state index contributed by atoms with van der Waals surface area (Å²) < 4.78 is 12.9. The third-order valence-corrected chi connectivity index (χ3v) is 5.75. The van der Waals surface area contributed by atoms with Crippen LogP contribution in [0.15, 0.2) is 73.1 Å². The molecule has 2 aromatic carbocycles. The third kappa shape index (κ3) is 4.20. The predicted molar refractivity (Wildman–Crippen MR) is 113 cm³/mol. The highest BCUT2D eigenvalue weighted by atomic mass is 16.5. The molecule has 1 saturated heterocycles. The lowest BCUT2D eigenvalue weighted by molar-refractivity contribution is 0.0487. The van der Waals surface area contributed by atoms with Gasteiger partial charge in [0.2, 0.25) is 0 Å². The predicted octanol–water partition coefficient (Wildman–Crippen LogP) is 3.96. The van der Waals surface area contributed by atoms with Crippen LogP contribution in [0.2, 0.25) is 0 Å². The average molecular weight is 390 g/mol. The summed E-state index contributed by atoms with van der Waals surface area (Å²) in [5.74, 6) is 0.778. The van der Waals surface area contributed by atoms with Gasteiger partial charge in [-0.3, -0.25) is 4.79 Å². The molecular formula is C24H26N2O3. The topological polar surface area (TPSA) is 52.5 Å². The van der Waals surface area contributed by atoms with Crippen LogP contribution in [0.3, 0.4) is 0 Å². The molecule has 0 saturated carbocycles. The highest BCUT2D eigenvalue weighted by Crippen LogP contribution is 2.35. The van der Waals surface area contributed by atoms with Crippen LogP contribution in [0.1, 0.15) is 28.8 Å². The van der Waals surface area contributed by atoms with Gasteiger partial charge in [-0.25, -0.2) is 0 Å². The van der Waals surface area contributed by atoms with Gasteiger partial charge < -0.3 is 19.4 Å². The van der Waals surface area contributed by atoms with Crippen LogP contribution in [0, 0.1) is 0 Å². The molecule has 0 radical (unpaired) electrons. The number of nitrogens with zero attached hydrogens (tertiary/aromatic N) is 1. The molecule has 1 fully saturated rings. The Morgan fingerprint density at radius 3 is 2.48 bits per heavy atom. The highest BCUT2D eigenvalue weighted by molar-refractivity contribution is 5.94. The Hall–Kier alpha value is -3.05. The number of rotatable bonds is 6. The lowest BCUT2D eigenvalue weighted by Crippen LogP contribution is -2.44. The second-order valence-corrected chi connectivity index (χ2v) is 7.44. The Morgan fingerprint density at radius 2 is 1.79 bits per heavy atom. The molecule has 1 N–H and O–H groups in total. The van der Waals surface area contributed by atoms with Crippen LogP contribution in [0.5, 0.6) is 5.75 Å². The molecule has 4 rings (SSSR count). The molecule has 0 aliphatic carbocycles. The van der Waals surface area contributed by atoms with Crippen molar-refractivity contribution in [2.75, 3.05) is 26.9 Å². The molecule has 0 spiro atoms. The van der Waals surface area contributed by atoms with E-state index in [1.165, 1.54) is 5.56 Å². The van der Waals surface area contributed by atoms with Crippen LogP contribution in [-0.4, -0.2) is 37.3 Å². The Balaban J connectivity index is 1.51.